The van der Waals surface area contributed by atoms with E-state index in [0.717, 1.165) is 17.8 Å². The van der Waals surface area contributed by atoms with Crippen molar-refractivity contribution in [1.29, 1.82) is 0 Å². The molecule has 2 rings (SSSR count). The summed E-state index contributed by atoms with van der Waals surface area (Å²) in [6.45, 7) is 4.14. The fourth-order valence-electron chi connectivity index (χ4n) is 2.64. The van der Waals surface area contributed by atoms with E-state index in [2.05, 4.69) is 22.2 Å². The summed E-state index contributed by atoms with van der Waals surface area (Å²) in [5, 5.41) is 3.61. The Bertz CT molecular complexity index is 369. The molecule has 0 spiro atoms. The lowest BCUT2D eigenvalue weighted by molar-refractivity contribution is 0.0817. The first-order valence-corrected chi connectivity index (χ1v) is 6.28. The fraction of sp³-hybridized carbons (Fsp3) is 0.692. The Kier molecular flexibility index (Phi) is 4.07. The second-order valence-electron chi connectivity index (χ2n) is 4.73. The van der Waals surface area contributed by atoms with E-state index >= 15 is 0 Å². The van der Waals surface area contributed by atoms with Crippen molar-refractivity contribution >= 4 is 0 Å². The minimum Gasteiger partial charge on any atom is -0.380 e. The Morgan fingerprint density at radius 3 is 2.82 bits per heavy atom. The normalized spacial score (nSPS) is 26.1. The molecule has 4 nitrogen and oxygen atoms in total. The van der Waals surface area contributed by atoms with Gasteiger partial charge in [0.1, 0.15) is 0 Å². The van der Waals surface area contributed by atoms with Gasteiger partial charge in [0.25, 0.3) is 0 Å². The first-order valence-electron chi connectivity index (χ1n) is 6.28. The molecule has 1 saturated carbocycles. The van der Waals surface area contributed by atoms with Crippen LogP contribution in [-0.2, 0) is 4.74 Å². The van der Waals surface area contributed by atoms with Crippen LogP contribution in [0.1, 0.15) is 43.6 Å². The Morgan fingerprint density at radius 1 is 1.35 bits per heavy atom. The van der Waals surface area contributed by atoms with Crippen LogP contribution in [0.2, 0.25) is 0 Å². The number of aromatic nitrogens is 2. The molecule has 0 aliphatic heterocycles. The average molecular weight is 235 g/mol. The predicted octanol–water partition coefficient (Wildman–Crippen LogP) is 2.00. The first-order chi connectivity index (χ1) is 8.22. The standard InChI is InChI=1S/C13H21N3O/c1-9-13(15-8-7-14-9)10(2)16-11-5-4-6-12(11)17-3/h7-8,10-12,16H,4-6H2,1-3H3. The largest absolute Gasteiger partial charge is 0.380 e. The third-order valence-electron chi connectivity index (χ3n) is 3.55. The summed E-state index contributed by atoms with van der Waals surface area (Å²) in [7, 11) is 1.79. The van der Waals surface area contributed by atoms with Gasteiger partial charge in [-0.05, 0) is 33.1 Å². The average Bonchev–Trinajstić information content (AvgIpc) is 2.76. The summed E-state index contributed by atoms with van der Waals surface area (Å²) in [5.74, 6) is 0. The molecule has 1 aliphatic rings. The van der Waals surface area contributed by atoms with Crippen molar-refractivity contribution in [1.82, 2.24) is 15.3 Å². The van der Waals surface area contributed by atoms with Gasteiger partial charge < -0.3 is 10.1 Å². The monoisotopic (exact) mass is 235 g/mol. The molecule has 3 unspecified atom stereocenters. The second kappa shape index (κ2) is 5.56. The molecular weight excluding hydrogens is 214 g/mol. The van der Waals surface area contributed by atoms with Gasteiger partial charge in [0.2, 0.25) is 0 Å². The highest BCUT2D eigenvalue weighted by molar-refractivity contribution is 5.13. The number of rotatable bonds is 4. The Balaban J connectivity index is 2.01. The molecule has 0 saturated heterocycles. The van der Waals surface area contributed by atoms with Crippen LogP contribution >= 0.6 is 0 Å². The van der Waals surface area contributed by atoms with E-state index in [0.29, 0.717) is 12.1 Å². The number of nitrogens with zero attached hydrogens (tertiary/aromatic N) is 2. The van der Waals surface area contributed by atoms with Gasteiger partial charge >= 0.3 is 0 Å². The van der Waals surface area contributed by atoms with Crippen molar-refractivity contribution in [3.05, 3.63) is 23.8 Å². The highest BCUT2D eigenvalue weighted by atomic mass is 16.5. The van der Waals surface area contributed by atoms with E-state index in [9.17, 15) is 0 Å². The molecule has 1 aliphatic carbocycles. The third kappa shape index (κ3) is 2.82. The molecule has 4 heteroatoms. The summed E-state index contributed by atoms with van der Waals surface area (Å²) < 4.78 is 5.49. The summed E-state index contributed by atoms with van der Waals surface area (Å²) in [6.07, 6.45) is 7.40. The molecule has 17 heavy (non-hydrogen) atoms. The maximum atomic E-state index is 5.49. The van der Waals surface area contributed by atoms with E-state index in [1.807, 2.05) is 6.92 Å². The molecule has 0 amide bonds. The summed E-state index contributed by atoms with van der Waals surface area (Å²) in [5.41, 5.74) is 2.04. The summed E-state index contributed by atoms with van der Waals surface area (Å²) >= 11 is 0. The lowest BCUT2D eigenvalue weighted by Gasteiger charge is -2.24. The lowest BCUT2D eigenvalue weighted by Crippen LogP contribution is -2.38. The van der Waals surface area contributed by atoms with Crippen LogP contribution in [0, 0.1) is 6.92 Å². The van der Waals surface area contributed by atoms with Gasteiger partial charge in [-0.1, -0.05) is 0 Å². The number of hydrogen-bond donors (Lipinski definition) is 1. The molecule has 1 aromatic rings. The Morgan fingerprint density at radius 2 is 2.12 bits per heavy atom. The van der Waals surface area contributed by atoms with Crippen LogP contribution in [0.4, 0.5) is 0 Å². The zero-order chi connectivity index (χ0) is 12.3. The van der Waals surface area contributed by atoms with Crippen LogP contribution in [0.15, 0.2) is 12.4 Å². The van der Waals surface area contributed by atoms with Gasteiger partial charge in [-0.15, -0.1) is 0 Å². The highest BCUT2D eigenvalue weighted by Crippen LogP contribution is 2.24. The highest BCUT2D eigenvalue weighted by Gasteiger charge is 2.28. The molecule has 1 aromatic heterocycles. The number of aryl methyl sites for hydroxylation is 1. The van der Waals surface area contributed by atoms with Crippen LogP contribution in [0.3, 0.4) is 0 Å². The molecule has 0 aromatic carbocycles. The summed E-state index contributed by atoms with van der Waals surface area (Å²) in [4.78, 5) is 8.69. The van der Waals surface area contributed by atoms with E-state index in [-0.39, 0.29) is 6.04 Å². The molecule has 0 bridgehead atoms. The Hall–Kier alpha value is -1.00. The van der Waals surface area contributed by atoms with Crippen molar-refractivity contribution < 1.29 is 4.74 Å². The van der Waals surface area contributed by atoms with Crippen LogP contribution in [0.5, 0.6) is 0 Å². The summed E-state index contributed by atoms with van der Waals surface area (Å²) in [6, 6.07) is 0.667. The molecular formula is C13H21N3O. The van der Waals surface area contributed by atoms with Crippen molar-refractivity contribution in [2.45, 2.75) is 51.3 Å². The molecule has 1 heterocycles. The van der Waals surface area contributed by atoms with E-state index < -0.39 is 0 Å². The third-order valence-corrected chi connectivity index (χ3v) is 3.55. The number of nitrogens with one attached hydrogen (secondary N) is 1. The first kappa shape index (κ1) is 12.5. The fourth-order valence-corrected chi connectivity index (χ4v) is 2.64. The minimum atomic E-state index is 0.226. The van der Waals surface area contributed by atoms with Crippen molar-refractivity contribution in [3.63, 3.8) is 0 Å². The van der Waals surface area contributed by atoms with Gasteiger partial charge in [-0.3, -0.25) is 9.97 Å². The SMILES string of the molecule is COC1CCCC1NC(C)c1nccnc1C. The maximum Gasteiger partial charge on any atom is 0.0782 e. The second-order valence-corrected chi connectivity index (χ2v) is 4.73. The molecule has 3 atom stereocenters. The van der Waals surface area contributed by atoms with Gasteiger partial charge in [0.05, 0.1) is 17.5 Å². The van der Waals surface area contributed by atoms with Crippen molar-refractivity contribution in [2.75, 3.05) is 7.11 Å². The van der Waals surface area contributed by atoms with Gasteiger partial charge in [-0.2, -0.15) is 0 Å². The van der Waals surface area contributed by atoms with Gasteiger partial charge in [0, 0.05) is 31.6 Å². The molecule has 94 valence electrons. The van der Waals surface area contributed by atoms with Gasteiger partial charge in [-0.25, -0.2) is 0 Å². The zero-order valence-corrected chi connectivity index (χ0v) is 10.8. The van der Waals surface area contributed by atoms with Crippen molar-refractivity contribution in [2.24, 2.45) is 0 Å². The topological polar surface area (TPSA) is 47.0 Å². The van der Waals surface area contributed by atoms with E-state index in [1.165, 1.54) is 12.8 Å². The lowest BCUT2D eigenvalue weighted by atomic mass is 10.1. The number of ether oxygens (including phenoxy) is 1. The van der Waals surface area contributed by atoms with E-state index in [4.69, 9.17) is 4.74 Å². The van der Waals surface area contributed by atoms with Gasteiger partial charge in [0.15, 0.2) is 0 Å². The van der Waals surface area contributed by atoms with Crippen molar-refractivity contribution in [3.8, 4) is 0 Å². The number of methoxy groups -OCH3 is 1. The maximum absolute atomic E-state index is 5.49. The van der Waals surface area contributed by atoms with Crippen LogP contribution in [-0.4, -0.2) is 29.2 Å². The quantitative estimate of drug-likeness (QED) is 0.867. The van der Waals surface area contributed by atoms with Crippen LogP contribution in [0.25, 0.3) is 0 Å². The molecule has 0 radical (unpaired) electrons. The zero-order valence-electron chi connectivity index (χ0n) is 10.8. The predicted molar refractivity (Wildman–Crippen MR) is 66.8 cm³/mol. The van der Waals surface area contributed by atoms with Crippen LogP contribution < -0.4 is 5.32 Å². The van der Waals surface area contributed by atoms with E-state index in [1.54, 1.807) is 19.5 Å². The Labute approximate surface area is 103 Å². The number of hydrogen-bond acceptors (Lipinski definition) is 4. The smallest absolute Gasteiger partial charge is 0.0782 e. The molecule has 1 fully saturated rings. The molecule has 1 N–H and O–H groups in total. The minimum absolute atomic E-state index is 0.226.